The monoisotopic (exact) mass is 269 g/mol. The van der Waals surface area contributed by atoms with Crippen LogP contribution in [0.4, 0.5) is 4.79 Å². The lowest BCUT2D eigenvalue weighted by atomic mass is 9.87. The summed E-state index contributed by atoms with van der Waals surface area (Å²) < 4.78 is 5.33. The number of nitrogens with zero attached hydrogens (tertiary/aromatic N) is 1. The lowest BCUT2D eigenvalue weighted by Crippen LogP contribution is -2.44. The van der Waals surface area contributed by atoms with Crippen LogP contribution in [0, 0.1) is 11.8 Å². The number of allylic oxidation sites excluding steroid dienone is 1. The van der Waals surface area contributed by atoms with Crippen molar-refractivity contribution >= 4 is 12.1 Å². The first kappa shape index (κ1) is 15.5. The summed E-state index contributed by atoms with van der Waals surface area (Å²) in [5.41, 5.74) is -0.486. The molecule has 0 aromatic carbocycles. The van der Waals surface area contributed by atoms with Gasteiger partial charge in [-0.05, 0) is 39.0 Å². The van der Waals surface area contributed by atoms with Crippen LogP contribution in [0.5, 0.6) is 0 Å². The lowest BCUT2D eigenvalue weighted by Gasteiger charge is -2.36. The van der Waals surface area contributed by atoms with Gasteiger partial charge in [0.05, 0.1) is 0 Å². The van der Waals surface area contributed by atoms with E-state index in [0.29, 0.717) is 13.1 Å². The summed E-state index contributed by atoms with van der Waals surface area (Å²) >= 11 is 0. The van der Waals surface area contributed by atoms with Gasteiger partial charge in [0.2, 0.25) is 0 Å². The van der Waals surface area contributed by atoms with E-state index >= 15 is 0 Å². The average molecular weight is 269 g/mol. The van der Waals surface area contributed by atoms with E-state index in [1.165, 1.54) is 6.08 Å². The number of amides is 1. The molecule has 0 saturated carbocycles. The van der Waals surface area contributed by atoms with Gasteiger partial charge in [-0.15, -0.1) is 0 Å². The Morgan fingerprint density at radius 1 is 1.37 bits per heavy atom. The highest BCUT2D eigenvalue weighted by Gasteiger charge is 2.30. The van der Waals surface area contributed by atoms with Crippen LogP contribution >= 0.6 is 0 Å². The molecule has 1 heterocycles. The number of carbonyl (C=O) groups is 2. The summed E-state index contributed by atoms with van der Waals surface area (Å²) in [6.07, 6.45) is 3.38. The van der Waals surface area contributed by atoms with E-state index in [2.05, 4.69) is 0 Å². The van der Waals surface area contributed by atoms with Crippen LogP contribution in [0.1, 0.15) is 34.1 Å². The largest absolute Gasteiger partial charge is 0.478 e. The van der Waals surface area contributed by atoms with E-state index in [1.807, 2.05) is 27.7 Å². The van der Waals surface area contributed by atoms with E-state index in [-0.39, 0.29) is 17.9 Å². The Morgan fingerprint density at radius 3 is 2.47 bits per heavy atom. The van der Waals surface area contributed by atoms with Gasteiger partial charge in [0.25, 0.3) is 0 Å². The Balaban J connectivity index is 2.54. The van der Waals surface area contributed by atoms with Crippen LogP contribution in [0.15, 0.2) is 12.2 Å². The van der Waals surface area contributed by atoms with E-state index < -0.39 is 11.6 Å². The Bertz CT molecular complexity index is 370. The summed E-state index contributed by atoms with van der Waals surface area (Å²) in [4.78, 5) is 24.1. The van der Waals surface area contributed by atoms with Crippen LogP contribution in [-0.4, -0.2) is 40.8 Å². The van der Waals surface area contributed by atoms with E-state index in [0.717, 1.165) is 6.42 Å². The molecular weight excluding hydrogens is 246 g/mol. The van der Waals surface area contributed by atoms with Crippen molar-refractivity contribution in [2.45, 2.75) is 39.7 Å². The standard InChI is InChI=1S/C14H23NO4/c1-10-9-15(13(18)19-14(2,3)4)8-7-11(10)5-6-12(16)17/h5-6,10-11H,7-9H2,1-4H3,(H,16,17)/b6-5+. The predicted molar refractivity (Wildman–Crippen MR) is 71.9 cm³/mol. The fourth-order valence-electron chi connectivity index (χ4n) is 2.15. The number of aliphatic carboxylic acids is 1. The minimum absolute atomic E-state index is 0.204. The lowest BCUT2D eigenvalue weighted by molar-refractivity contribution is -0.131. The first-order valence-corrected chi connectivity index (χ1v) is 6.58. The van der Waals surface area contributed by atoms with Gasteiger partial charge in [0, 0.05) is 19.2 Å². The molecule has 0 radical (unpaired) electrons. The molecule has 0 spiro atoms. The number of likely N-dealkylation sites (tertiary alicyclic amines) is 1. The number of carboxylic acid groups (broad SMARTS) is 1. The van der Waals surface area contributed by atoms with Gasteiger partial charge in [0.15, 0.2) is 0 Å². The fraction of sp³-hybridized carbons (Fsp3) is 0.714. The van der Waals surface area contributed by atoms with E-state index in [1.54, 1.807) is 11.0 Å². The van der Waals surface area contributed by atoms with Crippen LogP contribution in [0.2, 0.25) is 0 Å². The summed E-state index contributed by atoms with van der Waals surface area (Å²) in [7, 11) is 0. The second kappa shape index (κ2) is 6.08. The first-order valence-electron chi connectivity index (χ1n) is 6.58. The SMILES string of the molecule is CC1CN(C(=O)OC(C)(C)C)CCC1/C=C/C(=O)O. The number of piperidine rings is 1. The van der Waals surface area contributed by atoms with E-state index in [9.17, 15) is 9.59 Å². The van der Waals surface area contributed by atoms with Crippen molar-refractivity contribution in [3.63, 3.8) is 0 Å². The number of hydrogen-bond donors (Lipinski definition) is 1. The minimum Gasteiger partial charge on any atom is -0.478 e. The summed E-state index contributed by atoms with van der Waals surface area (Å²) in [5, 5.41) is 8.63. The molecular formula is C14H23NO4. The number of rotatable bonds is 2. The maximum atomic E-state index is 11.9. The Kier molecular flexibility index (Phi) is 4.97. The normalized spacial score (nSPS) is 24.5. The molecule has 108 valence electrons. The second-order valence-corrected chi connectivity index (χ2v) is 6.05. The molecule has 19 heavy (non-hydrogen) atoms. The third-order valence-corrected chi connectivity index (χ3v) is 3.11. The Morgan fingerprint density at radius 2 is 2.00 bits per heavy atom. The maximum Gasteiger partial charge on any atom is 0.410 e. The van der Waals surface area contributed by atoms with Gasteiger partial charge in [-0.3, -0.25) is 0 Å². The van der Waals surface area contributed by atoms with Gasteiger partial charge in [-0.2, -0.15) is 0 Å². The molecule has 1 fully saturated rings. The van der Waals surface area contributed by atoms with Crippen molar-refractivity contribution in [1.82, 2.24) is 4.90 Å². The summed E-state index contributed by atoms with van der Waals surface area (Å²) in [5.74, 6) is -0.492. The fourth-order valence-corrected chi connectivity index (χ4v) is 2.15. The predicted octanol–water partition coefficient (Wildman–Crippen LogP) is 2.52. The highest BCUT2D eigenvalue weighted by atomic mass is 16.6. The molecule has 2 atom stereocenters. The van der Waals surface area contributed by atoms with Crippen LogP contribution < -0.4 is 0 Å². The first-order chi connectivity index (χ1) is 8.69. The zero-order chi connectivity index (χ0) is 14.6. The number of ether oxygens (including phenoxy) is 1. The zero-order valence-electron chi connectivity index (χ0n) is 12.0. The molecule has 0 aliphatic carbocycles. The summed E-state index contributed by atoms with van der Waals surface area (Å²) in [6, 6.07) is 0. The quantitative estimate of drug-likeness (QED) is 0.782. The maximum absolute atomic E-state index is 11.9. The van der Waals surface area contributed by atoms with Crippen molar-refractivity contribution in [2.75, 3.05) is 13.1 Å². The number of hydrogen-bond acceptors (Lipinski definition) is 3. The van der Waals surface area contributed by atoms with Crippen LogP contribution in [0.25, 0.3) is 0 Å². The van der Waals surface area contributed by atoms with Crippen molar-refractivity contribution in [3.8, 4) is 0 Å². The third kappa shape index (κ3) is 5.32. The zero-order valence-corrected chi connectivity index (χ0v) is 12.0. The molecule has 0 aromatic heterocycles. The number of carbonyl (C=O) groups excluding carboxylic acids is 1. The Hall–Kier alpha value is -1.52. The molecule has 1 saturated heterocycles. The van der Waals surface area contributed by atoms with Gasteiger partial charge in [-0.25, -0.2) is 9.59 Å². The molecule has 5 nitrogen and oxygen atoms in total. The molecule has 2 unspecified atom stereocenters. The number of carboxylic acids is 1. The molecule has 1 N–H and O–H groups in total. The van der Waals surface area contributed by atoms with Gasteiger partial charge >= 0.3 is 12.1 Å². The molecule has 1 aliphatic rings. The van der Waals surface area contributed by atoms with Crippen LogP contribution in [-0.2, 0) is 9.53 Å². The van der Waals surface area contributed by atoms with Gasteiger partial charge in [-0.1, -0.05) is 13.0 Å². The third-order valence-electron chi connectivity index (χ3n) is 3.11. The van der Waals surface area contributed by atoms with Crippen molar-refractivity contribution in [1.29, 1.82) is 0 Å². The highest BCUT2D eigenvalue weighted by molar-refractivity contribution is 5.79. The highest BCUT2D eigenvalue weighted by Crippen LogP contribution is 2.25. The summed E-state index contributed by atoms with van der Waals surface area (Å²) in [6.45, 7) is 8.76. The minimum atomic E-state index is -0.929. The van der Waals surface area contributed by atoms with E-state index in [4.69, 9.17) is 9.84 Å². The van der Waals surface area contributed by atoms with Crippen LogP contribution in [0.3, 0.4) is 0 Å². The average Bonchev–Trinajstić information content (AvgIpc) is 2.24. The second-order valence-electron chi connectivity index (χ2n) is 6.05. The molecule has 1 aliphatic heterocycles. The van der Waals surface area contributed by atoms with Crippen molar-refractivity contribution in [3.05, 3.63) is 12.2 Å². The topological polar surface area (TPSA) is 66.8 Å². The smallest absolute Gasteiger partial charge is 0.410 e. The molecule has 1 rings (SSSR count). The van der Waals surface area contributed by atoms with Gasteiger partial charge in [0.1, 0.15) is 5.60 Å². The van der Waals surface area contributed by atoms with Crippen molar-refractivity contribution in [2.24, 2.45) is 11.8 Å². The molecule has 1 amide bonds. The van der Waals surface area contributed by atoms with Crippen molar-refractivity contribution < 1.29 is 19.4 Å². The molecule has 0 aromatic rings. The van der Waals surface area contributed by atoms with Gasteiger partial charge < -0.3 is 14.7 Å². The molecule has 5 heteroatoms. The molecule has 0 bridgehead atoms. The Labute approximate surface area is 114 Å².